The average Bonchev–Trinajstić information content (AvgIpc) is 3.14. The van der Waals surface area contributed by atoms with E-state index >= 15 is 0 Å². The monoisotopic (exact) mass is 384 g/mol. The van der Waals surface area contributed by atoms with Crippen LogP contribution >= 0.6 is 11.6 Å². The highest BCUT2D eigenvalue weighted by Crippen LogP contribution is 2.47. The van der Waals surface area contributed by atoms with Crippen LogP contribution in [0.4, 0.5) is 5.82 Å². The van der Waals surface area contributed by atoms with Crippen molar-refractivity contribution in [2.75, 3.05) is 38.2 Å². The van der Waals surface area contributed by atoms with Gasteiger partial charge in [-0.05, 0) is 48.8 Å². The summed E-state index contributed by atoms with van der Waals surface area (Å²) in [5, 5.41) is 13.0. The van der Waals surface area contributed by atoms with Gasteiger partial charge in [0.25, 0.3) is 0 Å². The molecule has 1 aliphatic carbocycles. The second-order valence-electron chi connectivity index (χ2n) is 8.06. The van der Waals surface area contributed by atoms with E-state index in [1.54, 1.807) is 0 Å². The lowest BCUT2D eigenvalue weighted by Crippen LogP contribution is -2.34. The molecule has 5 rings (SSSR count). The third-order valence-electron chi connectivity index (χ3n) is 6.26. The second-order valence-corrected chi connectivity index (χ2v) is 8.46. The first-order valence-corrected chi connectivity index (χ1v) is 10.3. The van der Waals surface area contributed by atoms with Gasteiger partial charge in [0.2, 0.25) is 0 Å². The van der Waals surface area contributed by atoms with Gasteiger partial charge in [-0.1, -0.05) is 29.8 Å². The van der Waals surface area contributed by atoms with Crippen molar-refractivity contribution in [1.29, 1.82) is 0 Å². The number of hydrogen-bond donors (Lipinski definition) is 1. The van der Waals surface area contributed by atoms with Crippen LogP contribution < -0.4 is 5.32 Å². The maximum absolute atomic E-state index is 6.25. The predicted octanol–water partition coefficient (Wildman–Crippen LogP) is 3.57. The van der Waals surface area contributed by atoms with E-state index in [-0.39, 0.29) is 0 Å². The zero-order valence-electron chi connectivity index (χ0n) is 15.4. The van der Waals surface area contributed by atoms with Crippen LogP contribution in [0.3, 0.4) is 0 Å². The Bertz CT molecular complexity index is 781. The van der Waals surface area contributed by atoms with Crippen LogP contribution in [0.15, 0.2) is 36.4 Å². The van der Waals surface area contributed by atoms with E-state index in [2.05, 4.69) is 20.4 Å². The molecule has 6 heteroatoms. The van der Waals surface area contributed by atoms with Gasteiger partial charge < -0.3 is 15.0 Å². The van der Waals surface area contributed by atoms with Crippen molar-refractivity contribution in [3.63, 3.8) is 0 Å². The van der Waals surface area contributed by atoms with E-state index in [4.69, 9.17) is 16.3 Å². The highest BCUT2D eigenvalue weighted by atomic mass is 35.5. The van der Waals surface area contributed by atoms with Crippen LogP contribution in [-0.4, -0.2) is 54.0 Å². The summed E-state index contributed by atoms with van der Waals surface area (Å²) in [5.74, 6) is 3.21. The summed E-state index contributed by atoms with van der Waals surface area (Å²) in [6.07, 6.45) is 2.45. The number of anilines is 1. The second kappa shape index (κ2) is 7.38. The number of halogens is 1. The molecule has 3 atom stereocenters. The smallest absolute Gasteiger partial charge is 0.148 e. The van der Waals surface area contributed by atoms with E-state index in [1.165, 1.54) is 32.5 Å². The molecule has 0 bridgehead atoms. The maximum Gasteiger partial charge on any atom is 0.148 e. The zero-order valence-corrected chi connectivity index (χ0v) is 16.1. The molecule has 27 heavy (non-hydrogen) atoms. The number of ether oxygens (including phenoxy) is 1. The summed E-state index contributed by atoms with van der Waals surface area (Å²) < 4.78 is 5.47. The number of nitrogens with zero attached hydrogens (tertiary/aromatic N) is 3. The van der Waals surface area contributed by atoms with Crippen molar-refractivity contribution in [2.45, 2.75) is 18.9 Å². The van der Waals surface area contributed by atoms with Crippen LogP contribution in [0, 0.1) is 17.8 Å². The highest BCUT2D eigenvalue weighted by Gasteiger charge is 2.55. The van der Waals surface area contributed by atoms with Gasteiger partial charge in [-0.3, -0.25) is 0 Å². The van der Waals surface area contributed by atoms with Gasteiger partial charge in [0.05, 0.1) is 10.7 Å². The molecule has 2 aromatic rings. The molecule has 0 amide bonds. The molecule has 2 aliphatic heterocycles. The third-order valence-corrected chi connectivity index (χ3v) is 6.59. The number of fused-ring (bicyclic) bond motifs is 1. The van der Waals surface area contributed by atoms with Gasteiger partial charge >= 0.3 is 0 Å². The number of aromatic nitrogens is 2. The number of rotatable bonds is 5. The first-order chi connectivity index (χ1) is 13.3. The minimum atomic E-state index is 0.552. The fourth-order valence-corrected chi connectivity index (χ4v) is 4.90. The van der Waals surface area contributed by atoms with Crippen LogP contribution in [-0.2, 0) is 4.74 Å². The molecule has 1 saturated carbocycles. The molecule has 3 fully saturated rings. The molecular weight excluding hydrogens is 360 g/mol. The van der Waals surface area contributed by atoms with E-state index in [1.807, 2.05) is 36.4 Å². The minimum absolute atomic E-state index is 0.552. The van der Waals surface area contributed by atoms with E-state index in [9.17, 15) is 0 Å². The van der Waals surface area contributed by atoms with Gasteiger partial charge in [0.15, 0.2) is 0 Å². The first-order valence-electron chi connectivity index (χ1n) is 9.93. The van der Waals surface area contributed by atoms with Crippen molar-refractivity contribution in [2.24, 2.45) is 17.8 Å². The lowest BCUT2D eigenvalue weighted by atomic mass is 10.00. The molecule has 0 radical (unpaired) electrons. The fourth-order valence-electron chi connectivity index (χ4n) is 4.66. The van der Waals surface area contributed by atoms with Gasteiger partial charge in [0, 0.05) is 44.5 Å². The largest absolute Gasteiger partial charge is 0.381 e. The molecule has 142 valence electrons. The number of likely N-dealkylation sites (tertiary alicyclic amines) is 1. The topological polar surface area (TPSA) is 50.3 Å². The molecule has 2 saturated heterocycles. The van der Waals surface area contributed by atoms with Crippen molar-refractivity contribution in [3.05, 3.63) is 41.4 Å². The van der Waals surface area contributed by atoms with Gasteiger partial charge in [-0.25, -0.2) is 0 Å². The molecule has 1 N–H and O–H groups in total. The van der Waals surface area contributed by atoms with Crippen molar-refractivity contribution in [1.82, 2.24) is 15.1 Å². The van der Waals surface area contributed by atoms with Crippen LogP contribution in [0.2, 0.25) is 5.02 Å². The summed E-state index contributed by atoms with van der Waals surface area (Å²) in [6.45, 7) is 5.56. The molecule has 1 aromatic heterocycles. The summed E-state index contributed by atoms with van der Waals surface area (Å²) >= 11 is 6.25. The number of hydrogen-bond acceptors (Lipinski definition) is 5. The van der Waals surface area contributed by atoms with E-state index in [0.717, 1.165) is 48.0 Å². The Hall–Kier alpha value is -1.69. The van der Waals surface area contributed by atoms with Crippen molar-refractivity contribution < 1.29 is 4.74 Å². The lowest BCUT2D eigenvalue weighted by molar-refractivity contribution is 0.0540. The summed E-state index contributed by atoms with van der Waals surface area (Å²) in [5.41, 5.74) is 1.73. The molecule has 3 heterocycles. The van der Waals surface area contributed by atoms with Crippen molar-refractivity contribution in [3.8, 4) is 11.3 Å². The Kier molecular flexibility index (Phi) is 4.76. The predicted molar refractivity (Wildman–Crippen MR) is 107 cm³/mol. The Morgan fingerprint density at radius 3 is 2.52 bits per heavy atom. The van der Waals surface area contributed by atoms with E-state index in [0.29, 0.717) is 11.1 Å². The number of piperidine rings is 1. The Morgan fingerprint density at radius 2 is 1.81 bits per heavy atom. The minimum Gasteiger partial charge on any atom is -0.381 e. The molecule has 0 spiro atoms. The van der Waals surface area contributed by atoms with Crippen LogP contribution in [0.25, 0.3) is 11.3 Å². The maximum atomic E-state index is 6.25. The molecule has 0 unspecified atom stereocenters. The lowest BCUT2D eigenvalue weighted by Gasteiger charge is -2.28. The number of nitrogens with one attached hydrogen (secondary N) is 1. The van der Waals surface area contributed by atoms with Gasteiger partial charge in [0.1, 0.15) is 5.82 Å². The Balaban J connectivity index is 1.14. The van der Waals surface area contributed by atoms with Crippen molar-refractivity contribution >= 4 is 17.4 Å². The number of benzene rings is 1. The Morgan fingerprint density at radius 1 is 1.04 bits per heavy atom. The zero-order chi connectivity index (χ0) is 18.2. The highest BCUT2D eigenvalue weighted by molar-refractivity contribution is 6.33. The van der Waals surface area contributed by atoms with Crippen LogP contribution in [0.5, 0.6) is 0 Å². The molecular formula is C21H25ClN4O. The van der Waals surface area contributed by atoms with Gasteiger partial charge in [-0.2, -0.15) is 0 Å². The average molecular weight is 385 g/mol. The molecule has 5 nitrogen and oxygen atoms in total. The summed E-state index contributed by atoms with van der Waals surface area (Å²) in [6, 6.07) is 12.3. The SMILES string of the molecule is Clc1ccccc1-c1ccc(N[C@H]2[C@@H]3CN(CC4CCOCC4)C[C@@H]32)nn1. The summed E-state index contributed by atoms with van der Waals surface area (Å²) in [7, 11) is 0. The third kappa shape index (κ3) is 3.68. The summed E-state index contributed by atoms with van der Waals surface area (Å²) in [4.78, 5) is 2.65. The fraction of sp³-hybridized carbons (Fsp3) is 0.524. The van der Waals surface area contributed by atoms with Crippen LogP contribution in [0.1, 0.15) is 12.8 Å². The Labute approximate surface area is 165 Å². The quantitative estimate of drug-likeness (QED) is 0.854. The molecule has 1 aromatic carbocycles. The van der Waals surface area contributed by atoms with Gasteiger partial charge in [-0.15, -0.1) is 10.2 Å². The first kappa shape index (κ1) is 17.4. The normalized spacial score (nSPS) is 28.1. The standard InChI is InChI=1S/C21H25ClN4O/c22-18-4-2-1-3-15(18)19-5-6-20(25-24-19)23-21-16-12-26(13-17(16)21)11-14-7-9-27-10-8-14/h1-6,14,16-17,21H,7-13H2,(H,23,25)/t16-,17+,21+. The van der Waals surface area contributed by atoms with E-state index < -0.39 is 0 Å². The molecule has 3 aliphatic rings.